The van der Waals surface area contributed by atoms with Crippen LogP contribution in [0.25, 0.3) is 10.9 Å². The number of aromatic nitrogens is 1. The van der Waals surface area contributed by atoms with Gasteiger partial charge in [-0.1, -0.05) is 0 Å². The standard InChI is InChI=1S/C23H23FN4O4/c1-32-17-5-3-16(4-6-17)26-21(29)9-8-20-22(30)28(23(31)27-20)11-10-14-13-25-19-7-2-15(24)12-18(14)19/h2-7,12-13,20,25H,8-11H2,1H3,(H,26,29)(H,27,31). The Kier molecular flexibility index (Phi) is 6.07. The average Bonchev–Trinajstić information content (AvgIpc) is 3.30. The number of benzene rings is 2. The van der Waals surface area contributed by atoms with Crippen LogP contribution in [0.1, 0.15) is 18.4 Å². The zero-order valence-corrected chi connectivity index (χ0v) is 17.5. The summed E-state index contributed by atoms with van der Waals surface area (Å²) >= 11 is 0. The summed E-state index contributed by atoms with van der Waals surface area (Å²) in [6, 6.07) is 10.1. The average molecular weight is 438 g/mol. The first-order valence-corrected chi connectivity index (χ1v) is 10.3. The number of carbonyl (C=O) groups is 3. The molecule has 0 aliphatic carbocycles. The number of ether oxygens (including phenoxy) is 1. The zero-order valence-electron chi connectivity index (χ0n) is 17.5. The highest BCUT2D eigenvalue weighted by Crippen LogP contribution is 2.21. The van der Waals surface area contributed by atoms with E-state index < -0.39 is 12.1 Å². The molecule has 4 rings (SSSR count). The van der Waals surface area contributed by atoms with Gasteiger partial charge in [-0.15, -0.1) is 0 Å². The quantitative estimate of drug-likeness (QED) is 0.470. The van der Waals surface area contributed by atoms with Crippen molar-refractivity contribution in [3.8, 4) is 5.75 Å². The Morgan fingerprint density at radius 1 is 1.19 bits per heavy atom. The molecule has 2 aromatic carbocycles. The van der Waals surface area contributed by atoms with Gasteiger partial charge in [0.1, 0.15) is 17.6 Å². The van der Waals surface area contributed by atoms with Gasteiger partial charge in [0.2, 0.25) is 5.91 Å². The largest absolute Gasteiger partial charge is 0.497 e. The molecule has 0 spiro atoms. The molecule has 1 atom stereocenters. The molecule has 166 valence electrons. The summed E-state index contributed by atoms with van der Waals surface area (Å²) in [5, 5.41) is 6.12. The van der Waals surface area contributed by atoms with E-state index in [0.717, 1.165) is 21.4 Å². The fraction of sp³-hybridized carbons (Fsp3) is 0.261. The monoisotopic (exact) mass is 438 g/mol. The van der Waals surface area contributed by atoms with E-state index in [4.69, 9.17) is 4.74 Å². The Hall–Kier alpha value is -3.88. The van der Waals surface area contributed by atoms with Crippen LogP contribution in [0.4, 0.5) is 14.9 Å². The minimum Gasteiger partial charge on any atom is -0.497 e. The number of carbonyl (C=O) groups excluding carboxylic acids is 3. The van der Waals surface area contributed by atoms with Gasteiger partial charge in [-0.2, -0.15) is 0 Å². The van der Waals surface area contributed by atoms with Crippen molar-refractivity contribution in [1.29, 1.82) is 0 Å². The number of imide groups is 1. The molecule has 2 heterocycles. The Morgan fingerprint density at radius 2 is 1.97 bits per heavy atom. The van der Waals surface area contributed by atoms with E-state index in [1.54, 1.807) is 43.6 Å². The second-order valence-electron chi connectivity index (χ2n) is 7.56. The molecule has 1 aromatic heterocycles. The Bertz CT molecular complexity index is 1160. The van der Waals surface area contributed by atoms with Crippen LogP contribution in [0.3, 0.4) is 0 Å². The highest BCUT2D eigenvalue weighted by Gasteiger charge is 2.37. The van der Waals surface area contributed by atoms with Gasteiger partial charge in [0.15, 0.2) is 0 Å². The number of methoxy groups -OCH3 is 1. The summed E-state index contributed by atoms with van der Waals surface area (Å²) in [6.07, 6.45) is 2.43. The van der Waals surface area contributed by atoms with Crippen LogP contribution < -0.4 is 15.4 Å². The number of anilines is 1. The summed E-state index contributed by atoms with van der Waals surface area (Å²) in [5.74, 6) is -0.281. The van der Waals surface area contributed by atoms with E-state index in [-0.39, 0.29) is 37.0 Å². The Labute approximate surface area is 183 Å². The van der Waals surface area contributed by atoms with E-state index in [1.165, 1.54) is 12.1 Å². The smallest absolute Gasteiger partial charge is 0.324 e. The van der Waals surface area contributed by atoms with Crippen LogP contribution in [-0.4, -0.2) is 47.4 Å². The summed E-state index contributed by atoms with van der Waals surface area (Å²) in [5.41, 5.74) is 2.23. The van der Waals surface area contributed by atoms with Crippen molar-refractivity contribution in [2.45, 2.75) is 25.3 Å². The molecule has 0 saturated carbocycles. The minimum atomic E-state index is -0.746. The lowest BCUT2D eigenvalue weighted by atomic mass is 10.1. The van der Waals surface area contributed by atoms with Gasteiger partial charge < -0.3 is 20.4 Å². The minimum absolute atomic E-state index is 0.0816. The molecular formula is C23H23FN4O4. The first-order chi connectivity index (χ1) is 15.4. The molecule has 0 bridgehead atoms. The molecule has 1 aliphatic heterocycles. The number of nitrogens with one attached hydrogen (secondary N) is 3. The normalized spacial score (nSPS) is 15.8. The maximum atomic E-state index is 13.6. The van der Waals surface area contributed by atoms with Crippen molar-refractivity contribution in [1.82, 2.24) is 15.2 Å². The third-order valence-corrected chi connectivity index (χ3v) is 5.48. The van der Waals surface area contributed by atoms with Crippen LogP contribution >= 0.6 is 0 Å². The van der Waals surface area contributed by atoms with Crippen molar-refractivity contribution in [3.05, 3.63) is 60.0 Å². The molecule has 9 heteroatoms. The van der Waals surface area contributed by atoms with Gasteiger partial charge in [0.25, 0.3) is 5.91 Å². The number of urea groups is 1. The lowest BCUT2D eigenvalue weighted by Crippen LogP contribution is -2.33. The predicted molar refractivity (Wildman–Crippen MR) is 117 cm³/mol. The van der Waals surface area contributed by atoms with E-state index in [0.29, 0.717) is 17.9 Å². The molecule has 1 fully saturated rings. The number of hydrogen-bond donors (Lipinski definition) is 3. The van der Waals surface area contributed by atoms with Gasteiger partial charge in [0, 0.05) is 35.8 Å². The van der Waals surface area contributed by atoms with Crippen LogP contribution in [-0.2, 0) is 16.0 Å². The van der Waals surface area contributed by atoms with E-state index >= 15 is 0 Å². The second kappa shape index (κ2) is 9.09. The lowest BCUT2D eigenvalue weighted by Gasteiger charge is -2.13. The maximum absolute atomic E-state index is 13.6. The molecule has 3 N–H and O–H groups in total. The topological polar surface area (TPSA) is 104 Å². The van der Waals surface area contributed by atoms with E-state index in [9.17, 15) is 18.8 Å². The third-order valence-electron chi connectivity index (χ3n) is 5.48. The SMILES string of the molecule is COc1ccc(NC(=O)CCC2NC(=O)N(CCc3c[nH]c4ccc(F)cc34)C2=O)cc1. The number of amides is 4. The van der Waals surface area contributed by atoms with Crippen molar-refractivity contribution in [2.24, 2.45) is 0 Å². The number of hydrogen-bond acceptors (Lipinski definition) is 4. The first kappa shape index (κ1) is 21.4. The fourth-order valence-corrected chi connectivity index (χ4v) is 3.75. The van der Waals surface area contributed by atoms with Crippen molar-refractivity contribution in [2.75, 3.05) is 19.0 Å². The molecule has 1 unspecified atom stereocenters. The fourth-order valence-electron chi connectivity index (χ4n) is 3.75. The highest BCUT2D eigenvalue weighted by atomic mass is 19.1. The highest BCUT2D eigenvalue weighted by molar-refractivity contribution is 6.04. The Balaban J connectivity index is 1.30. The molecule has 3 aromatic rings. The van der Waals surface area contributed by atoms with Crippen LogP contribution in [0.5, 0.6) is 5.75 Å². The Morgan fingerprint density at radius 3 is 2.72 bits per heavy atom. The van der Waals surface area contributed by atoms with Crippen LogP contribution in [0.15, 0.2) is 48.7 Å². The number of H-pyrrole nitrogens is 1. The van der Waals surface area contributed by atoms with Crippen LogP contribution in [0, 0.1) is 5.82 Å². The molecule has 32 heavy (non-hydrogen) atoms. The van der Waals surface area contributed by atoms with Crippen molar-refractivity contribution in [3.63, 3.8) is 0 Å². The first-order valence-electron chi connectivity index (χ1n) is 10.3. The number of fused-ring (bicyclic) bond motifs is 1. The third kappa shape index (κ3) is 4.56. The molecule has 1 aliphatic rings. The summed E-state index contributed by atoms with van der Waals surface area (Å²) < 4.78 is 18.6. The van der Waals surface area contributed by atoms with Gasteiger partial charge in [-0.3, -0.25) is 14.5 Å². The van der Waals surface area contributed by atoms with Gasteiger partial charge >= 0.3 is 6.03 Å². The van der Waals surface area contributed by atoms with Gasteiger partial charge in [0.05, 0.1) is 7.11 Å². The van der Waals surface area contributed by atoms with Gasteiger partial charge in [-0.25, -0.2) is 9.18 Å². The molecule has 0 radical (unpaired) electrons. The lowest BCUT2D eigenvalue weighted by molar-refractivity contribution is -0.127. The number of nitrogens with zero attached hydrogens (tertiary/aromatic N) is 1. The van der Waals surface area contributed by atoms with Gasteiger partial charge in [-0.05, 0) is 60.9 Å². The summed E-state index contributed by atoms with van der Waals surface area (Å²) in [7, 11) is 1.56. The molecule has 4 amide bonds. The second-order valence-corrected chi connectivity index (χ2v) is 7.56. The van der Waals surface area contributed by atoms with Crippen LogP contribution in [0.2, 0.25) is 0 Å². The maximum Gasteiger partial charge on any atom is 0.324 e. The van der Waals surface area contributed by atoms with E-state index in [2.05, 4.69) is 15.6 Å². The summed E-state index contributed by atoms with van der Waals surface area (Å²) in [4.78, 5) is 41.4. The van der Waals surface area contributed by atoms with Crippen molar-refractivity contribution >= 4 is 34.4 Å². The molecule has 1 saturated heterocycles. The van der Waals surface area contributed by atoms with Crippen molar-refractivity contribution < 1.29 is 23.5 Å². The summed E-state index contributed by atoms with van der Waals surface area (Å²) in [6.45, 7) is 0.169. The number of rotatable bonds is 8. The number of halogens is 1. The predicted octanol–water partition coefficient (Wildman–Crippen LogP) is 3.20. The number of aromatic amines is 1. The zero-order chi connectivity index (χ0) is 22.7. The molecule has 8 nitrogen and oxygen atoms in total. The van der Waals surface area contributed by atoms with E-state index in [1.807, 2.05) is 0 Å². The molecular weight excluding hydrogens is 415 g/mol.